The van der Waals surface area contributed by atoms with Crippen molar-refractivity contribution >= 4 is 143 Å². The molecule has 18 heavy (non-hydrogen) atoms. The number of nitrogens with zero attached hydrogens (tertiary/aromatic N) is 1. The number of halogens is 10. The van der Waals surface area contributed by atoms with Crippen LogP contribution in [0.1, 0.15) is 32.1 Å². The maximum atomic E-state index is 6.72. The van der Waals surface area contributed by atoms with Gasteiger partial charge in [-0.25, -0.2) is 6.57 Å². The molecule has 0 N–H and O–H groups in total. The fourth-order valence-electron chi connectivity index (χ4n) is 1.27. The number of hydrogen-bond acceptors (Lipinski definition) is 0. The van der Waals surface area contributed by atoms with Gasteiger partial charge in [-0.05, 0) is 12.8 Å². The van der Waals surface area contributed by atoms with Crippen LogP contribution in [0.3, 0.4) is 0 Å². The fraction of sp³-hybridized carbons (Fsp3) is 0.857. The van der Waals surface area contributed by atoms with Crippen LogP contribution in [-0.4, -0.2) is 6.04 Å². The van der Waals surface area contributed by atoms with Gasteiger partial charge in [0.05, 0.1) is 0 Å². The molecule has 0 aromatic carbocycles. The van der Waals surface area contributed by atoms with E-state index in [-0.39, 0.29) is 31.6 Å². The van der Waals surface area contributed by atoms with Crippen LogP contribution in [0, 0.1) is 6.57 Å². The summed E-state index contributed by atoms with van der Waals surface area (Å²) in [5.41, 5.74) is 0. The summed E-state index contributed by atoms with van der Waals surface area (Å²) in [6.45, 7) is 6.72. The summed E-state index contributed by atoms with van der Waals surface area (Å²) < 4.78 is 0. The summed E-state index contributed by atoms with van der Waals surface area (Å²) in [6, 6.07) is 0.378. The van der Waals surface area contributed by atoms with Crippen LogP contribution >= 0.6 is 143 Å². The van der Waals surface area contributed by atoms with E-state index >= 15 is 0 Å². The van der Waals surface area contributed by atoms with E-state index in [4.69, 9.17) is 6.57 Å². The first-order chi connectivity index (χ1) is 8.40. The molecule has 1 fully saturated rings. The zero-order valence-electron chi connectivity index (χ0n) is 8.84. The Labute approximate surface area is 185 Å². The Balaban J connectivity index is 0.000000327. The van der Waals surface area contributed by atoms with Crippen LogP contribution in [0.2, 0.25) is 0 Å². The molecular formula is C7H11I10N. The molecule has 0 unspecified atom stereocenters. The average molecular weight is 1380 g/mol. The van der Waals surface area contributed by atoms with Crippen molar-refractivity contribution in [1.29, 1.82) is 0 Å². The second-order valence-corrected chi connectivity index (χ2v) is 198. The summed E-state index contributed by atoms with van der Waals surface area (Å²) in [5, 5.41) is 0. The molecule has 0 atom stereocenters. The van der Waals surface area contributed by atoms with Gasteiger partial charge < -0.3 is 4.85 Å². The number of rotatable bonds is 3. The Morgan fingerprint density at radius 3 is 1.39 bits per heavy atom. The number of hydrogen-bond donors (Lipinski definition) is 0. The molecule has 0 heterocycles. The summed E-state index contributed by atoms with van der Waals surface area (Å²) in [4.78, 5) is 3.50. The first-order valence-corrected chi connectivity index (χ1v) is 61.2. The van der Waals surface area contributed by atoms with Crippen molar-refractivity contribution in [2.75, 3.05) is 0 Å². The van der Waals surface area contributed by atoms with E-state index in [2.05, 4.69) is 117 Å². The van der Waals surface area contributed by atoms with Crippen LogP contribution < -0.4 is 0 Å². The van der Waals surface area contributed by atoms with Gasteiger partial charge in [0.1, 0.15) is 0 Å². The van der Waals surface area contributed by atoms with E-state index in [0.717, 1.165) is 12.8 Å². The Morgan fingerprint density at radius 2 is 1.17 bits per heavy atom. The third-order valence-electron chi connectivity index (χ3n) is 2.00. The van der Waals surface area contributed by atoms with Crippen molar-refractivity contribution in [3.8, 4) is 0 Å². The molecular weight excluding hydrogens is 1370 g/mol. The SMILES string of the molecule is II(I)I(I)I(I)I(I)I.[C-]#[N+]C1CCCCC1. The summed E-state index contributed by atoms with van der Waals surface area (Å²) in [7, 11) is -1.31. The van der Waals surface area contributed by atoms with E-state index in [9.17, 15) is 0 Å². The third-order valence-corrected chi connectivity index (χ3v) is 498. The summed E-state index contributed by atoms with van der Waals surface area (Å²) >= 11 is 16.9. The molecule has 0 amide bonds. The van der Waals surface area contributed by atoms with Crippen LogP contribution in [0.15, 0.2) is 0 Å². The minimum Gasteiger partial charge on any atom is -0.314 e. The molecule has 11 heteroatoms. The molecule has 114 valence electrons. The Kier molecular flexibility index (Phi) is 22.0. The first kappa shape index (κ1) is 24.8. The maximum Gasteiger partial charge on any atom is 0.223 e. The van der Waals surface area contributed by atoms with Gasteiger partial charge >= 0.3 is 143 Å². The van der Waals surface area contributed by atoms with Crippen LogP contribution in [0.4, 0.5) is 0 Å². The molecule has 0 aliphatic heterocycles. The molecule has 1 aliphatic carbocycles. The Bertz CT molecular complexity index is 235. The monoisotopic (exact) mass is 1380 g/mol. The second kappa shape index (κ2) is 16.0. The molecule has 1 rings (SSSR count). The molecule has 1 saturated carbocycles. The topological polar surface area (TPSA) is 4.36 Å². The molecule has 0 spiro atoms. The zero-order valence-corrected chi connectivity index (χ0v) is 30.4. The normalized spacial score (nSPS) is 18.9. The minimum atomic E-state index is -0.358. The van der Waals surface area contributed by atoms with Crippen molar-refractivity contribution in [1.82, 2.24) is 0 Å². The van der Waals surface area contributed by atoms with Gasteiger partial charge in [0.15, 0.2) is 0 Å². The maximum absolute atomic E-state index is 6.72. The average Bonchev–Trinajstić information content (AvgIpc) is 2.38. The smallest absolute Gasteiger partial charge is 0.223 e. The van der Waals surface area contributed by atoms with Crippen LogP contribution in [0.25, 0.3) is 4.85 Å². The second-order valence-electron chi connectivity index (χ2n) is 3.07. The quantitative estimate of drug-likeness (QED) is 0.196. The minimum absolute atomic E-state index is 0.294. The molecule has 0 aromatic rings. The van der Waals surface area contributed by atoms with E-state index < -0.39 is 0 Å². The van der Waals surface area contributed by atoms with E-state index in [0.29, 0.717) is 6.04 Å². The van der Waals surface area contributed by atoms with Gasteiger partial charge in [-0.2, -0.15) is 0 Å². The van der Waals surface area contributed by atoms with Crippen LogP contribution in [-0.2, 0) is 0 Å². The van der Waals surface area contributed by atoms with Crippen LogP contribution in [0.5, 0.6) is 0 Å². The molecule has 0 radical (unpaired) electrons. The van der Waals surface area contributed by atoms with Gasteiger partial charge in [-0.1, -0.05) is 6.42 Å². The fourth-order valence-corrected chi connectivity index (χ4v) is 839. The standard InChI is InChI=1S/C7H11N.I10/c1-8-7-5-3-2-4-6-7;1-7(2)9(5)10(6)8(3)4/h7H,2-6H2;. The van der Waals surface area contributed by atoms with Gasteiger partial charge in [-0.15, -0.1) is 0 Å². The van der Waals surface area contributed by atoms with E-state index in [1.165, 1.54) is 19.3 Å². The predicted molar refractivity (Wildman–Crippen MR) is 174 cm³/mol. The van der Waals surface area contributed by atoms with E-state index in [1.54, 1.807) is 0 Å². The molecule has 0 saturated heterocycles. The van der Waals surface area contributed by atoms with Gasteiger partial charge in [0.25, 0.3) is 0 Å². The summed E-state index contributed by atoms with van der Waals surface area (Å²) in [6.07, 6.45) is 6.24. The predicted octanol–water partition coefficient (Wildman–Crippen LogP) is 11.1. The third kappa shape index (κ3) is 13.1. The van der Waals surface area contributed by atoms with Crippen molar-refractivity contribution in [2.24, 2.45) is 0 Å². The molecule has 1 aliphatic rings. The molecule has 0 bridgehead atoms. The van der Waals surface area contributed by atoms with Crippen molar-refractivity contribution < 1.29 is 0 Å². The molecule has 0 aromatic heterocycles. The van der Waals surface area contributed by atoms with Crippen molar-refractivity contribution in [2.45, 2.75) is 38.1 Å². The van der Waals surface area contributed by atoms with Gasteiger partial charge in [0.2, 0.25) is 6.04 Å². The van der Waals surface area contributed by atoms with E-state index in [1.807, 2.05) is 0 Å². The Morgan fingerprint density at radius 1 is 0.778 bits per heavy atom. The first-order valence-electron chi connectivity index (χ1n) is 4.58. The largest absolute Gasteiger partial charge is 0.314 e. The van der Waals surface area contributed by atoms with Gasteiger partial charge in [0, 0.05) is 12.8 Å². The summed E-state index contributed by atoms with van der Waals surface area (Å²) in [5.74, 6) is 0. The van der Waals surface area contributed by atoms with Crippen molar-refractivity contribution in [3.05, 3.63) is 11.4 Å². The van der Waals surface area contributed by atoms with Crippen molar-refractivity contribution in [3.63, 3.8) is 0 Å². The van der Waals surface area contributed by atoms with Gasteiger partial charge in [-0.3, -0.25) is 0 Å². The zero-order chi connectivity index (χ0) is 14.1. The Hall–Kier alpha value is 6.79. The molecule has 1 nitrogen and oxygen atoms in total.